The van der Waals surface area contributed by atoms with Crippen molar-refractivity contribution in [3.05, 3.63) is 12.3 Å². The molecule has 2 fully saturated rings. The van der Waals surface area contributed by atoms with Crippen LogP contribution in [0.3, 0.4) is 0 Å². The van der Waals surface area contributed by atoms with Crippen molar-refractivity contribution in [1.82, 2.24) is 10.2 Å². The van der Waals surface area contributed by atoms with Gasteiger partial charge in [0, 0.05) is 18.7 Å². The van der Waals surface area contributed by atoms with Gasteiger partial charge in [-0.25, -0.2) is 0 Å². The highest BCUT2D eigenvalue weighted by atomic mass is 16.2. The maximum absolute atomic E-state index is 11.7. The van der Waals surface area contributed by atoms with Gasteiger partial charge in [0.2, 0.25) is 11.8 Å². The lowest BCUT2D eigenvalue weighted by molar-refractivity contribution is -0.138. The number of nitrogens with zero attached hydrogens (tertiary/aromatic N) is 1. The van der Waals surface area contributed by atoms with Crippen LogP contribution in [-0.2, 0) is 9.59 Å². The first-order valence-corrected chi connectivity index (χ1v) is 5.36. The molecule has 0 aromatic carbocycles. The second-order valence-electron chi connectivity index (χ2n) is 4.50. The molecule has 0 aromatic rings. The Bertz CT molecular complexity index is 325. The number of hydrogen-bond acceptors (Lipinski definition) is 2. The van der Waals surface area contributed by atoms with Gasteiger partial charge in [-0.05, 0) is 18.8 Å². The molecule has 2 atom stereocenters. The van der Waals surface area contributed by atoms with E-state index in [4.69, 9.17) is 0 Å². The highest BCUT2D eigenvalue weighted by Gasteiger charge is 2.37. The standard InChI is InChI=1S/C11H16N2O2/c1-7-5-10(14)13(6-7)9-4-3-8(2)12-11(9)15/h7,9H,2-6H2,1H3,(H,12,15). The fourth-order valence-electron chi connectivity index (χ4n) is 2.28. The zero-order valence-electron chi connectivity index (χ0n) is 8.95. The molecule has 0 bridgehead atoms. The molecule has 2 aliphatic rings. The van der Waals surface area contributed by atoms with Crippen molar-refractivity contribution in [3.8, 4) is 0 Å². The molecule has 0 saturated carbocycles. The van der Waals surface area contributed by atoms with E-state index in [-0.39, 0.29) is 17.9 Å². The Labute approximate surface area is 89.3 Å². The first-order valence-electron chi connectivity index (χ1n) is 5.36. The molecule has 0 aromatic heterocycles. The van der Waals surface area contributed by atoms with Crippen LogP contribution >= 0.6 is 0 Å². The lowest BCUT2D eigenvalue weighted by Crippen LogP contribution is -2.50. The van der Waals surface area contributed by atoms with E-state index in [1.165, 1.54) is 0 Å². The largest absolute Gasteiger partial charge is 0.330 e. The highest BCUT2D eigenvalue weighted by Crippen LogP contribution is 2.24. The average Bonchev–Trinajstić information content (AvgIpc) is 2.45. The van der Waals surface area contributed by atoms with Gasteiger partial charge in [0.25, 0.3) is 0 Å². The summed E-state index contributed by atoms with van der Waals surface area (Å²) in [5.41, 5.74) is 0.760. The minimum absolute atomic E-state index is 0.0753. The third kappa shape index (κ3) is 1.89. The molecule has 2 amide bonds. The number of allylic oxidation sites excluding steroid dienone is 1. The van der Waals surface area contributed by atoms with Crippen molar-refractivity contribution in [1.29, 1.82) is 0 Å². The molecule has 2 unspecified atom stereocenters. The van der Waals surface area contributed by atoms with E-state index in [1.807, 2.05) is 6.92 Å². The number of amides is 2. The number of likely N-dealkylation sites (tertiary alicyclic amines) is 1. The highest BCUT2D eigenvalue weighted by molar-refractivity contribution is 5.90. The molecule has 82 valence electrons. The van der Waals surface area contributed by atoms with E-state index >= 15 is 0 Å². The third-order valence-corrected chi connectivity index (χ3v) is 3.05. The second-order valence-corrected chi connectivity index (χ2v) is 4.50. The van der Waals surface area contributed by atoms with Gasteiger partial charge in [-0.2, -0.15) is 0 Å². The van der Waals surface area contributed by atoms with Crippen LogP contribution in [0.2, 0.25) is 0 Å². The topological polar surface area (TPSA) is 49.4 Å². The van der Waals surface area contributed by atoms with E-state index in [1.54, 1.807) is 4.90 Å². The normalized spacial score (nSPS) is 32.1. The van der Waals surface area contributed by atoms with E-state index < -0.39 is 0 Å². The number of carbonyl (C=O) groups excluding carboxylic acids is 2. The Morgan fingerprint density at radius 2 is 2.20 bits per heavy atom. The quantitative estimate of drug-likeness (QED) is 0.687. The molecule has 0 radical (unpaired) electrons. The molecule has 2 rings (SSSR count). The molecule has 2 aliphatic heterocycles. The summed E-state index contributed by atoms with van der Waals surface area (Å²) in [5.74, 6) is 0.402. The minimum Gasteiger partial charge on any atom is -0.330 e. The number of carbonyl (C=O) groups is 2. The van der Waals surface area contributed by atoms with Crippen LogP contribution in [0.4, 0.5) is 0 Å². The van der Waals surface area contributed by atoms with E-state index in [0.29, 0.717) is 25.3 Å². The summed E-state index contributed by atoms with van der Waals surface area (Å²) < 4.78 is 0. The predicted molar refractivity (Wildman–Crippen MR) is 55.8 cm³/mol. The first-order chi connectivity index (χ1) is 7.08. The first kappa shape index (κ1) is 10.2. The molecule has 0 aliphatic carbocycles. The number of rotatable bonds is 1. The van der Waals surface area contributed by atoms with Crippen LogP contribution in [0.1, 0.15) is 26.2 Å². The van der Waals surface area contributed by atoms with E-state index in [0.717, 1.165) is 12.1 Å². The zero-order valence-corrected chi connectivity index (χ0v) is 8.95. The van der Waals surface area contributed by atoms with Crippen LogP contribution in [-0.4, -0.2) is 29.3 Å². The second kappa shape index (κ2) is 3.68. The molecule has 2 saturated heterocycles. The van der Waals surface area contributed by atoms with E-state index in [2.05, 4.69) is 11.9 Å². The number of nitrogens with one attached hydrogen (secondary N) is 1. The Kier molecular flexibility index (Phi) is 2.50. The van der Waals surface area contributed by atoms with Gasteiger partial charge < -0.3 is 10.2 Å². The molecule has 4 nitrogen and oxygen atoms in total. The summed E-state index contributed by atoms with van der Waals surface area (Å²) in [5, 5.41) is 2.71. The summed E-state index contributed by atoms with van der Waals surface area (Å²) in [4.78, 5) is 25.0. The van der Waals surface area contributed by atoms with Crippen LogP contribution < -0.4 is 5.32 Å². The van der Waals surface area contributed by atoms with Crippen molar-refractivity contribution >= 4 is 11.8 Å². The molecular weight excluding hydrogens is 192 g/mol. The third-order valence-electron chi connectivity index (χ3n) is 3.05. The van der Waals surface area contributed by atoms with Crippen LogP contribution in [0, 0.1) is 5.92 Å². The number of piperidine rings is 1. The van der Waals surface area contributed by atoms with Crippen molar-refractivity contribution in [3.63, 3.8) is 0 Å². The summed E-state index contributed by atoms with van der Waals surface area (Å²) in [6.07, 6.45) is 2.06. The predicted octanol–water partition coefficient (Wildman–Crippen LogP) is 0.647. The SMILES string of the molecule is C=C1CCC(N2CC(C)CC2=O)C(=O)N1. The fraction of sp³-hybridized carbons (Fsp3) is 0.636. The van der Waals surface area contributed by atoms with Crippen LogP contribution in [0.25, 0.3) is 0 Å². The Morgan fingerprint density at radius 3 is 2.73 bits per heavy atom. The van der Waals surface area contributed by atoms with Gasteiger partial charge in [0.15, 0.2) is 0 Å². The lowest BCUT2D eigenvalue weighted by Gasteiger charge is -2.31. The van der Waals surface area contributed by atoms with Gasteiger partial charge in [0.05, 0.1) is 0 Å². The van der Waals surface area contributed by atoms with Crippen molar-refractivity contribution < 1.29 is 9.59 Å². The van der Waals surface area contributed by atoms with Gasteiger partial charge in [-0.3, -0.25) is 9.59 Å². The fourth-order valence-corrected chi connectivity index (χ4v) is 2.28. The Hall–Kier alpha value is -1.32. The van der Waals surface area contributed by atoms with Gasteiger partial charge in [-0.15, -0.1) is 0 Å². The Morgan fingerprint density at radius 1 is 1.47 bits per heavy atom. The maximum atomic E-state index is 11.7. The minimum atomic E-state index is -0.270. The summed E-state index contributed by atoms with van der Waals surface area (Å²) in [6.45, 7) is 6.48. The van der Waals surface area contributed by atoms with Crippen LogP contribution in [0.15, 0.2) is 12.3 Å². The molecule has 1 N–H and O–H groups in total. The van der Waals surface area contributed by atoms with Crippen molar-refractivity contribution in [2.24, 2.45) is 5.92 Å². The Balaban J connectivity index is 2.07. The molecule has 15 heavy (non-hydrogen) atoms. The van der Waals surface area contributed by atoms with E-state index in [9.17, 15) is 9.59 Å². The number of hydrogen-bond donors (Lipinski definition) is 1. The maximum Gasteiger partial charge on any atom is 0.246 e. The van der Waals surface area contributed by atoms with Gasteiger partial charge in [0.1, 0.15) is 6.04 Å². The van der Waals surface area contributed by atoms with Gasteiger partial charge in [-0.1, -0.05) is 13.5 Å². The molecule has 0 spiro atoms. The molecule has 2 heterocycles. The summed E-state index contributed by atoms with van der Waals surface area (Å²) in [6, 6.07) is -0.270. The monoisotopic (exact) mass is 208 g/mol. The summed E-state index contributed by atoms with van der Waals surface area (Å²) in [7, 11) is 0. The van der Waals surface area contributed by atoms with Gasteiger partial charge >= 0.3 is 0 Å². The summed E-state index contributed by atoms with van der Waals surface area (Å²) >= 11 is 0. The molecular formula is C11H16N2O2. The van der Waals surface area contributed by atoms with Crippen LogP contribution in [0.5, 0.6) is 0 Å². The zero-order chi connectivity index (χ0) is 11.0. The van der Waals surface area contributed by atoms with Crippen molar-refractivity contribution in [2.45, 2.75) is 32.2 Å². The molecule has 4 heteroatoms. The van der Waals surface area contributed by atoms with Crippen molar-refractivity contribution in [2.75, 3.05) is 6.54 Å². The smallest absolute Gasteiger partial charge is 0.246 e. The average molecular weight is 208 g/mol. The lowest BCUT2D eigenvalue weighted by atomic mass is 10.0.